The molecule has 2 atom stereocenters. The Kier molecular flexibility index (Phi) is 6.76. The van der Waals surface area contributed by atoms with Crippen molar-refractivity contribution >= 4 is 6.09 Å². The molecule has 0 aromatic rings. The first-order chi connectivity index (χ1) is 9.35. The van der Waals surface area contributed by atoms with Crippen LogP contribution in [0, 0.1) is 5.92 Å². The molecule has 1 heterocycles. The van der Waals surface area contributed by atoms with Crippen LogP contribution < -0.4 is 11.1 Å². The summed E-state index contributed by atoms with van der Waals surface area (Å²) in [5, 5.41) is 2.83. The van der Waals surface area contributed by atoms with Crippen molar-refractivity contribution in [3.8, 4) is 0 Å². The van der Waals surface area contributed by atoms with E-state index in [4.69, 9.17) is 10.5 Å². The number of rotatable bonds is 6. The van der Waals surface area contributed by atoms with Crippen LogP contribution in [0.25, 0.3) is 0 Å². The van der Waals surface area contributed by atoms with Gasteiger partial charge in [-0.05, 0) is 46.1 Å². The summed E-state index contributed by atoms with van der Waals surface area (Å²) >= 11 is 0. The van der Waals surface area contributed by atoms with E-state index in [0.717, 1.165) is 19.0 Å². The van der Waals surface area contributed by atoms with Crippen molar-refractivity contribution in [1.82, 2.24) is 10.2 Å². The van der Waals surface area contributed by atoms with E-state index in [-0.39, 0.29) is 12.1 Å². The standard InChI is InChI=1S/C15H31N3O2/c1-5-6-12-7-8-18(11-12)13(9-16)10-17-14(19)20-15(2,3)4/h12-13H,5-11,16H2,1-4H3,(H,17,19). The van der Waals surface area contributed by atoms with Crippen LogP contribution in [-0.4, -0.2) is 48.8 Å². The number of nitrogens with zero attached hydrogens (tertiary/aromatic N) is 1. The fourth-order valence-electron chi connectivity index (χ4n) is 2.71. The Morgan fingerprint density at radius 3 is 2.75 bits per heavy atom. The highest BCUT2D eigenvalue weighted by molar-refractivity contribution is 5.67. The molecule has 0 spiro atoms. The molecule has 5 heteroatoms. The van der Waals surface area contributed by atoms with E-state index in [9.17, 15) is 4.79 Å². The number of likely N-dealkylation sites (tertiary alicyclic amines) is 1. The molecule has 5 nitrogen and oxygen atoms in total. The van der Waals surface area contributed by atoms with Gasteiger partial charge in [-0.15, -0.1) is 0 Å². The van der Waals surface area contributed by atoms with Gasteiger partial charge in [-0.1, -0.05) is 13.3 Å². The van der Waals surface area contributed by atoms with Gasteiger partial charge in [-0.2, -0.15) is 0 Å². The number of carbonyl (C=O) groups excluding carboxylic acids is 1. The molecule has 0 aromatic heterocycles. The highest BCUT2D eigenvalue weighted by Crippen LogP contribution is 2.22. The van der Waals surface area contributed by atoms with Crippen LogP contribution in [-0.2, 0) is 4.74 Å². The summed E-state index contributed by atoms with van der Waals surface area (Å²) in [4.78, 5) is 14.1. The van der Waals surface area contributed by atoms with Crippen LogP contribution in [0.5, 0.6) is 0 Å². The highest BCUT2D eigenvalue weighted by atomic mass is 16.6. The van der Waals surface area contributed by atoms with Gasteiger partial charge in [-0.25, -0.2) is 4.79 Å². The van der Waals surface area contributed by atoms with Crippen molar-refractivity contribution in [3.05, 3.63) is 0 Å². The van der Waals surface area contributed by atoms with E-state index in [1.807, 2.05) is 20.8 Å². The Morgan fingerprint density at radius 2 is 2.20 bits per heavy atom. The Labute approximate surface area is 123 Å². The molecule has 1 aliphatic heterocycles. The maximum atomic E-state index is 11.7. The van der Waals surface area contributed by atoms with Gasteiger partial charge in [0.05, 0.1) is 0 Å². The van der Waals surface area contributed by atoms with E-state index in [2.05, 4.69) is 17.1 Å². The zero-order valence-corrected chi connectivity index (χ0v) is 13.4. The SMILES string of the molecule is CCCC1CCN(C(CN)CNC(=O)OC(C)(C)C)C1. The van der Waals surface area contributed by atoms with Crippen LogP contribution in [0.1, 0.15) is 47.0 Å². The summed E-state index contributed by atoms with van der Waals surface area (Å²) in [6.07, 6.45) is 3.41. The second-order valence-corrected chi connectivity index (χ2v) is 6.71. The maximum Gasteiger partial charge on any atom is 0.407 e. The number of carbonyl (C=O) groups is 1. The third-order valence-corrected chi connectivity index (χ3v) is 3.68. The summed E-state index contributed by atoms with van der Waals surface area (Å²) in [7, 11) is 0. The third kappa shape index (κ3) is 6.09. The zero-order chi connectivity index (χ0) is 15.2. The van der Waals surface area contributed by atoms with Crippen molar-refractivity contribution in [2.45, 2.75) is 58.6 Å². The van der Waals surface area contributed by atoms with E-state index < -0.39 is 5.60 Å². The van der Waals surface area contributed by atoms with Crippen molar-refractivity contribution < 1.29 is 9.53 Å². The molecule has 3 N–H and O–H groups in total. The largest absolute Gasteiger partial charge is 0.444 e. The van der Waals surface area contributed by atoms with Gasteiger partial charge in [0.25, 0.3) is 0 Å². The Hall–Kier alpha value is -0.810. The molecular weight excluding hydrogens is 254 g/mol. The quantitative estimate of drug-likeness (QED) is 0.783. The highest BCUT2D eigenvalue weighted by Gasteiger charge is 2.27. The third-order valence-electron chi connectivity index (χ3n) is 3.68. The number of nitrogens with one attached hydrogen (secondary N) is 1. The topological polar surface area (TPSA) is 67.6 Å². The molecule has 1 amide bonds. The maximum absolute atomic E-state index is 11.7. The summed E-state index contributed by atoms with van der Waals surface area (Å²) in [5.41, 5.74) is 5.40. The van der Waals surface area contributed by atoms with Crippen LogP contribution in [0.4, 0.5) is 4.79 Å². The van der Waals surface area contributed by atoms with Gasteiger partial charge in [0.15, 0.2) is 0 Å². The minimum atomic E-state index is -0.456. The van der Waals surface area contributed by atoms with Crippen LogP contribution >= 0.6 is 0 Å². The van der Waals surface area contributed by atoms with Gasteiger partial charge in [0.1, 0.15) is 5.60 Å². The van der Waals surface area contributed by atoms with Crippen LogP contribution in [0.2, 0.25) is 0 Å². The Balaban J connectivity index is 2.35. The van der Waals surface area contributed by atoms with E-state index in [1.165, 1.54) is 19.3 Å². The molecule has 2 unspecified atom stereocenters. The number of amides is 1. The molecule has 1 fully saturated rings. The van der Waals surface area contributed by atoms with Gasteiger partial charge >= 0.3 is 6.09 Å². The number of nitrogens with two attached hydrogens (primary N) is 1. The van der Waals surface area contributed by atoms with Crippen molar-refractivity contribution in [2.75, 3.05) is 26.2 Å². The molecule has 1 rings (SSSR count). The normalized spacial score (nSPS) is 21.8. The van der Waals surface area contributed by atoms with Crippen molar-refractivity contribution in [1.29, 1.82) is 0 Å². The molecule has 0 saturated carbocycles. The lowest BCUT2D eigenvalue weighted by Gasteiger charge is -2.27. The van der Waals surface area contributed by atoms with E-state index in [1.54, 1.807) is 0 Å². The summed E-state index contributed by atoms with van der Waals surface area (Å²) in [5.74, 6) is 0.788. The van der Waals surface area contributed by atoms with Crippen molar-refractivity contribution in [2.24, 2.45) is 11.7 Å². The number of hydrogen-bond acceptors (Lipinski definition) is 4. The minimum Gasteiger partial charge on any atom is -0.444 e. The van der Waals surface area contributed by atoms with Crippen LogP contribution in [0.3, 0.4) is 0 Å². The second kappa shape index (κ2) is 7.84. The number of hydrogen-bond donors (Lipinski definition) is 2. The van der Waals surface area contributed by atoms with Crippen molar-refractivity contribution in [3.63, 3.8) is 0 Å². The molecule has 1 aliphatic rings. The van der Waals surface area contributed by atoms with Gasteiger partial charge in [-0.3, -0.25) is 4.90 Å². The van der Waals surface area contributed by atoms with Crippen LogP contribution in [0.15, 0.2) is 0 Å². The Bertz CT molecular complexity index is 302. The molecular formula is C15H31N3O2. The molecule has 118 valence electrons. The predicted molar refractivity (Wildman–Crippen MR) is 81.7 cm³/mol. The number of alkyl carbamates (subject to hydrolysis) is 1. The van der Waals surface area contributed by atoms with E-state index in [0.29, 0.717) is 13.1 Å². The summed E-state index contributed by atoms with van der Waals surface area (Å²) in [6.45, 7) is 11.1. The second-order valence-electron chi connectivity index (χ2n) is 6.71. The molecule has 20 heavy (non-hydrogen) atoms. The van der Waals surface area contributed by atoms with Gasteiger partial charge in [0.2, 0.25) is 0 Å². The number of ether oxygens (including phenoxy) is 1. The molecule has 0 aliphatic carbocycles. The summed E-state index contributed by atoms with van der Waals surface area (Å²) in [6, 6.07) is 0.212. The first-order valence-electron chi connectivity index (χ1n) is 7.76. The fourth-order valence-corrected chi connectivity index (χ4v) is 2.71. The summed E-state index contributed by atoms with van der Waals surface area (Å²) < 4.78 is 5.25. The lowest BCUT2D eigenvalue weighted by molar-refractivity contribution is 0.0511. The first kappa shape index (κ1) is 17.2. The first-order valence-corrected chi connectivity index (χ1v) is 7.76. The van der Waals surface area contributed by atoms with Gasteiger partial charge < -0.3 is 15.8 Å². The fraction of sp³-hybridized carbons (Fsp3) is 0.933. The molecule has 0 radical (unpaired) electrons. The van der Waals surface area contributed by atoms with E-state index >= 15 is 0 Å². The Morgan fingerprint density at radius 1 is 1.50 bits per heavy atom. The smallest absolute Gasteiger partial charge is 0.407 e. The monoisotopic (exact) mass is 285 g/mol. The minimum absolute atomic E-state index is 0.212. The lowest BCUT2D eigenvalue weighted by atomic mass is 10.0. The molecule has 0 aromatic carbocycles. The zero-order valence-electron chi connectivity index (χ0n) is 13.4. The molecule has 0 bridgehead atoms. The molecule has 1 saturated heterocycles. The van der Waals surface area contributed by atoms with Gasteiger partial charge in [0, 0.05) is 25.7 Å². The lowest BCUT2D eigenvalue weighted by Crippen LogP contribution is -2.48. The average Bonchev–Trinajstić information content (AvgIpc) is 2.77. The average molecular weight is 285 g/mol. The predicted octanol–water partition coefficient (Wildman–Crippen LogP) is 1.96.